The maximum absolute atomic E-state index is 11.2. The molecule has 1 saturated heterocycles. The molecule has 23 heavy (non-hydrogen) atoms. The van der Waals surface area contributed by atoms with Gasteiger partial charge in [0, 0.05) is 0 Å². The fourth-order valence-electron chi connectivity index (χ4n) is 2.43. The lowest BCUT2D eigenvalue weighted by Gasteiger charge is -2.18. The van der Waals surface area contributed by atoms with E-state index in [0.29, 0.717) is 0 Å². The topological polar surface area (TPSA) is 168 Å². The van der Waals surface area contributed by atoms with Gasteiger partial charge in [-0.3, -0.25) is 14.2 Å². The van der Waals surface area contributed by atoms with E-state index < -0.39 is 36.4 Å². The van der Waals surface area contributed by atoms with Crippen molar-refractivity contribution in [3.63, 3.8) is 0 Å². The van der Waals surface area contributed by atoms with Crippen LogP contribution < -0.4 is 0 Å². The third kappa shape index (κ3) is 2.35. The van der Waals surface area contributed by atoms with E-state index in [1.165, 1.54) is 10.9 Å². The number of hydrogen-bond donors (Lipinski definition) is 4. The Bertz CT molecular complexity index is 763. The first-order valence-corrected chi connectivity index (χ1v) is 6.51. The molecular formula is C12H12N4O7. The summed E-state index contributed by atoms with van der Waals surface area (Å²) in [6, 6.07) is 0. The molecule has 0 aliphatic carbocycles. The van der Waals surface area contributed by atoms with E-state index in [1.54, 1.807) is 0 Å². The monoisotopic (exact) mass is 324 g/mol. The number of fused-ring (bicyclic) bond motifs is 1. The van der Waals surface area contributed by atoms with E-state index >= 15 is 0 Å². The molecule has 0 unspecified atom stereocenters. The van der Waals surface area contributed by atoms with Crippen LogP contribution >= 0.6 is 0 Å². The molecule has 5 atom stereocenters. The molecular weight excluding hydrogens is 312 g/mol. The summed E-state index contributed by atoms with van der Waals surface area (Å²) in [6.45, 7) is 0. The zero-order valence-electron chi connectivity index (χ0n) is 11.4. The lowest BCUT2D eigenvalue weighted by atomic mass is 10.0. The fraction of sp³-hybridized carbons (Fsp3) is 0.417. The minimum Gasteiger partial charge on any atom is -0.492 e. The van der Waals surface area contributed by atoms with E-state index in [4.69, 9.17) is 4.74 Å². The highest BCUT2D eigenvalue weighted by molar-refractivity contribution is 6.27. The third-order valence-electron chi connectivity index (χ3n) is 3.61. The van der Waals surface area contributed by atoms with Crippen molar-refractivity contribution in [3.8, 4) is 5.88 Å². The van der Waals surface area contributed by atoms with Gasteiger partial charge in [-0.15, -0.1) is 0 Å². The summed E-state index contributed by atoms with van der Waals surface area (Å²) in [6.07, 6.45) is -5.64. The summed E-state index contributed by atoms with van der Waals surface area (Å²) in [5.74, 6) is -1.56. The van der Waals surface area contributed by atoms with Gasteiger partial charge in [0.05, 0.1) is 6.33 Å². The van der Waals surface area contributed by atoms with Crippen LogP contribution in [0.4, 0.5) is 0 Å². The van der Waals surface area contributed by atoms with Gasteiger partial charge in [-0.2, -0.15) is 4.98 Å². The molecule has 3 rings (SSSR count). The molecule has 4 N–H and O–H groups in total. The van der Waals surface area contributed by atoms with Crippen molar-refractivity contribution in [1.29, 1.82) is 0 Å². The first kappa shape index (κ1) is 15.4. The van der Waals surface area contributed by atoms with Gasteiger partial charge in [0.1, 0.15) is 30.7 Å². The zero-order valence-corrected chi connectivity index (χ0v) is 11.4. The Morgan fingerprint density at radius 3 is 2.74 bits per heavy atom. The van der Waals surface area contributed by atoms with E-state index in [2.05, 4.69) is 15.0 Å². The second-order valence-corrected chi connectivity index (χ2v) is 4.96. The Kier molecular flexibility index (Phi) is 3.77. The normalized spacial score (nSPS) is 28.8. The summed E-state index contributed by atoms with van der Waals surface area (Å²) in [4.78, 5) is 33.0. The molecule has 3 heterocycles. The van der Waals surface area contributed by atoms with Gasteiger partial charge in [0.25, 0.3) is 0 Å². The van der Waals surface area contributed by atoms with Crippen LogP contribution in [0, 0.1) is 0 Å². The number of rotatable bonds is 4. The average Bonchev–Trinajstić information content (AvgIpc) is 3.09. The maximum atomic E-state index is 11.2. The number of aromatic nitrogens is 4. The van der Waals surface area contributed by atoms with E-state index in [9.17, 15) is 30.0 Å². The van der Waals surface area contributed by atoms with Crippen LogP contribution in [0.3, 0.4) is 0 Å². The number of hydrogen-bond acceptors (Lipinski definition) is 10. The number of ether oxygens (including phenoxy) is 1. The minimum absolute atomic E-state index is 0.0470. The number of imidazole rings is 1. The summed E-state index contributed by atoms with van der Waals surface area (Å²) in [7, 11) is 0. The number of nitrogens with zero attached hydrogens (tertiary/aromatic N) is 4. The number of carbonyl (C=O) groups is 2. The number of carbonyl (C=O) groups excluding carboxylic acids is 2. The first-order valence-electron chi connectivity index (χ1n) is 6.51. The van der Waals surface area contributed by atoms with Crippen LogP contribution in [0.25, 0.3) is 11.2 Å². The molecule has 0 amide bonds. The van der Waals surface area contributed by atoms with Gasteiger partial charge in [0.2, 0.25) is 11.7 Å². The molecule has 2 aromatic heterocycles. The van der Waals surface area contributed by atoms with Crippen LogP contribution in [-0.4, -0.2) is 76.4 Å². The lowest BCUT2D eigenvalue weighted by molar-refractivity contribution is -0.145. The Balaban J connectivity index is 1.95. The Hall–Kier alpha value is -2.47. The van der Waals surface area contributed by atoms with Crippen molar-refractivity contribution in [2.45, 2.75) is 30.6 Å². The predicted octanol–water partition coefficient (Wildman–Crippen LogP) is -2.72. The molecule has 0 saturated carbocycles. The number of aromatic hydroxyl groups is 1. The predicted molar refractivity (Wildman–Crippen MR) is 70.0 cm³/mol. The van der Waals surface area contributed by atoms with Crippen molar-refractivity contribution in [2.75, 3.05) is 0 Å². The molecule has 2 aromatic rings. The lowest BCUT2D eigenvalue weighted by Crippen LogP contribution is -2.43. The first-order chi connectivity index (χ1) is 11.0. The Morgan fingerprint density at radius 2 is 2.04 bits per heavy atom. The summed E-state index contributed by atoms with van der Waals surface area (Å²) >= 11 is 0. The molecule has 1 fully saturated rings. The van der Waals surface area contributed by atoms with Crippen LogP contribution in [0.2, 0.25) is 0 Å². The van der Waals surface area contributed by atoms with Crippen LogP contribution in [-0.2, 0) is 14.3 Å². The van der Waals surface area contributed by atoms with E-state index in [-0.39, 0.29) is 23.3 Å². The summed E-state index contributed by atoms with van der Waals surface area (Å²) in [5.41, 5.74) is 0.163. The molecule has 0 aromatic carbocycles. The van der Waals surface area contributed by atoms with Crippen molar-refractivity contribution in [1.82, 2.24) is 19.5 Å². The van der Waals surface area contributed by atoms with Gasteiger partial charge in [0.15, 0.2) is 23.7 Å². The smallest absolute Gasteiger partial charge is 0.242 e. The third-order valence-corrected chi connectivity index (χ3v) is 3.61. The largest absolute Gasteiger partial charge is 0.492 e. The van der Waals surface area contributed by atoms with Gasteiger partial charge in [-0.1, -0.05) is 0 Å². The van der Waals surface area contributed by atoms with E-state index in [0.717, 1.165) is 6.33 Å². The van der Waals surface area contributed by atoms with Gasteiger partial charge < -0.3 is 25.2 Å². The van der Waals surface area contributed by atoms with Crippen molar-refractivity contribution < 1.29 is 34.8 Å². The minimum atomic E-state index is -1.92. The Labute approximate surface area is 127 Å². The van der Waals surface area contributed by atoms with Crippen molar-refractivity contribution in [2.24, 2.45) is 0 Å². The van der Waals surface area contributed by atoms with Crippen LogP contribution in [0.15, 0.2) is 12.7 Å². The Morgan fingerprint density at radius 1 is 1.30 bits per heavy atom. The molecule has 0 radical (unpaired) electrons. The van der Waals surface area contributed by atoms with Crippen molar-refractivity contribution >= 4 is 23.2 Å². The fourth-order valence-corrected chi connectivity index (χ4v) is 2.43. The number of aliphatic hydroxyl groups is 3. The number of aldehydes is 1. The zero-order chi connectivity index (χ0) is 16.7. The summed E-state index contributed by atoms with van der Waals surface area (Å²) in [5, 5.41) is 39.3. The number of aliphatic hydroxyl groups excluding tert-OH is 3. The number of Topliss-reactive ketones (excluding diaryl/α,β-unsaturated/α-hetero) is 1. The van der Waals surface area contributed by atoms with Gasteiger partial charge in [-0.05, 0) is 0 Å². The van der Waals surface area contributed by atoms with Gasteiger partial charge >= 0.3 is 0 Å². The van der Waals surface area contributed by atoms with Crippen LogP contribution in [0.5, 0.6) is 5.88 Å². The summed E-state index contributed by atoms with van der Waals surface area (Å²) < 4.78 is 6.53. The average molecular weight is 324 g/mol. The molecule has 1 aliphatic heterocycles. The van der Waals surface area contributed by atoms with Crippen LogP contribution in [0.1, 0.15) is 6.23 Å². The quantitative estimate of drug-likeness (QED) is 0.342. The number of ketones is 1. The molecule has 11 nitrogen and oxygen atoms in total. The molecule has 0 spiro atoms. The highest BCUT2D eigenvalue weighted by Gasteiger charge is 2.49. The molecule has 0 bridgehead atoms. The van der Waals surface area contributed by atoms with Crippen molar-refractivity contribution in [3.05, 3.63) is 12.7 Å². The standard InChI is InChI=1S/C12H12N4O7/c17-1-4(18)6(19)9-7(20)8(21)12(23-9)16-3-15-5-10(16)13-2-14-11(5)22/h1-3,6-9,12,19-21H,(H,13,14,22)/t6-,7-,8+,9+,12+/m0/s1. The second kappa shape index (κ2) is 5.62. The highest BCUT2D eigenvalue weighted by atomic mass is 16.6. The maximum Gasteiger partial charge on any atom is 0.242 e. The second-order valence-electron chi connectivity index (χ2n) is 4.96. The van der Waals surface area contributed by atoms with E-state index in [1.807, 2.05) is 0 Å². The molecule has 1 aliphatic rings. The molecule has 122 valence electrons. The van der Waals surface area contributed by atoms with Gasteiger partial charge in [-0.25, -0.2) is 9.97 Å². The molecule has 11 heteroatoms. The highest BCUT2D eigenvalue weighted by Crippen LogP contribution is 2.33. The SMILES string of the molecule is O=CC(=O)[C@H](O)[C@H]1O[C@@H](n2cnc3c(O)ncnc32)[C@H](O)[C@@H]1O.